The lowest BCUT2D eigenvalue weighted by molar-refractivity contribution is -0.116. The van der Waals surface area contributed by atoms with Crippen LogP contribution in [0.15, 0.2) is 90.1 Å². The Bertz CT molecular complexity index is 1190. The van der Waals surface area contributed by atoms with Gasteiger partial charge < -0.3 is 15.5 Å². The van der Waals surface area contributed by atoms with Crippen molar-refractivity contribution in [3.05, 3.63) is 90.5 Å². The van der Waals surface area contributed by atoms with Gasteiger partial charge in [-0.05, 0) is 42.3 Å². The predicted octanol–water partition coefficient (Wildman–Crippen LogP) is 5.04. The molecule has 33 heavy (non-hydrogen) atoms. The number of hydrogen-bond donors (Lipinski definition) is 2. The molecular weight excluding hydrogens is 432 g/mol. The van der Waals surface area contributed by atoms with Crippen molar-refractivity contribution >= 4 is 46.6 Å². The van der Waals surface area contributed by atoms with Crippen molar-refractivity contribution < 1.29 is 4.79 Å². The van der Waals surface area contributed by atoms with Crippen LogP contribution in [-0.4, -0.2) is 33.2 Å². The molecule has 1 aliphatic heterocycles. The third-order valence-corrected chi connectivity index (χ3v) is 6.02. The highest BCUT2D eigenvalue weighted by Crippen LogP contribution is 2.29. The number of nitrogens with one attached hydrogen (secondary N) is 2. The molecule has 4 aromatic rings. The largest absolute Gasteiger partial charge is 0.324 e. The Labute approximate surface area is 196 Å². The summed E-state index contributed by atoms with van der Waals surface area (Å²) in [6.45, 7) is 0.706. The highest BCUT2D eigenvalue weighted by atomic mass is 32.2. The van der Waals surface area contributed by atoms with E-state index in [1.54, 1.807) is 0 Å². The summed E-state index contributed by atoms with van der Waals surface area (Å²) in [6, 6.07) is 27.5. The minimum absolute atomic E-state index is 0.0421. The summed E-state index contributed by atoms with van der Waals surface area (Å²) in [5.41, 5.74) is 3.95. The molecule has 7 nitrogen and oxygen atoms in total. The van der Waals surface area contributed by atoms with Crippen molar-refractivity contribution in [1.82, 2.24) is 15.0 Å². The number of hydrogen-bond acceptors (Lipinski definition) is 7. The first-order chi connectivity index (χ1) is 16.2. The van der Waals surface area contributed by atoms with Gasteiger partial charge in [-0.15, -0.1) is 0 Å². The maximum atomic E-state index is 12.9. The molecule has 0 saturated carbocycles. The van der Waals surface area contributed by atoms with Gasteiger partial charge in [-0.1, -0.05) is 66.4 Å². The lowest BCUT2D eigenvalue weighted by Crippen LogP contribution is -2.30. The second kappa shape index (κ2) is 9.70. The predicted molar refractivity (Wildman–Crippen MR) is 132 cm³/mol. The molecule has 1 aliphatic rings. The Kier molecular flexibility index (Phi) is 6.16. The quantitative estimate of drug-likeness (QED) is 0.379. The third-order valence-electron chi connectivity index (χ3n) is 5.19. The summed E-state index contributed by atoms with van der Waals surface area (Å²) >= 11 is 1.31. The summed E-state index contributed by atoms with van der Waals surface area (Å²) in [5, 5.41) is 6.91. The molecule has 5 rings (SSSR count). The standard InChI is InChI=1S/C25H22N6OS/c32-22(31-16-15-18-9-7-8-14-21(18)31)17-33-25-29-23(26-19-10-3-1-4-11-19)28-24(30-25)27-20-12-5-2-6-13-20/h1-14H,15-17H2,(H2,26,27,28,29,30). The molecule has 0 aliphatic carbocycles. The average Bonchev–Trinajstić information content (AvgIpc) is 3.28. The van der Waals surface area contributed by atoms with E-state index < -0.39 is 0 Å². The number of rotatable bonds is 7. The summed E-state index contributed by atoms with van der Waals surface area (Å²) in [7, 11) is 0. The molecule has 3 aromatic carbocycles. The molecule has 0 atom stereocenters. The van der Waals surface area contributed by atoms with Gasteiger partial charge >= 0.3 is 0 Å². The number of carbonyl (C=O) groups is 1. The Morgan fingerprint density at radius 2 is 1.36 bits per heavy atom. The van der Waals surface area contributed by atoms with Crippen molar-refractivity contribution in [3.63, 3.8) is 0 Å². The minimum atomic E-state index is 0.0421. The molecular formula is C25H22N6OS. The van der Waals surface area contributed by atoms with E-state index in [4.69, 9.17) is 0 Å². The van der Waals surface area contributed by atoms with Crippen LogP contribution in [0.1, 0.15) is 5.56 Å². The number of para-hydroxylation sites is 3. The maximum absolute atomic E-state index is 12.9. The van der Waals surface area contributed by atoms with E-state index in [0.717, 1.165) is 23.5 Å². The molecule has 1 aromatic heterocycles. The lowest BCUT2D eigenvalue weighted by Gasteiger charge is -2.17. The summed E-state index contributed by atoms with van der Waals surface area (Å²) in [5.74, 6) is 1.11. The van der Waals surface area contributed by atoms with Gasteiger partial charge in [0, 0.05) is 23.6 Å². The average molecular weight is 455 g/mol. The van der Waals surface area contributed by atoms with Gasteiger partial charge in [-0.25, -0.2) is 0 Å². The van der Waals surface area contributed by atoms with Crippen molar-refractivity contribution in [3.8, 4) is 0 Å². The fourth-order valence-electron chi connectivity index (χ4n) is 3.64. The molecule has 0 fully saturated rings. The first-order valence-electron chi connectivity index (χ1n) is 10.7. The van der Waals surface area contributed by atoms with E-state index in [1.807, 2.05) is 83.8 Å². The maximum Gasteiger partial charge on any atom is 0.237 e. The smallest absolute Gasteiger partial charge is 0.237 e. The van der Waals surface area contributed by atoms with Crippen molar-refractivity contribution in [1.29, 1.82) is 0 Å². The van der Waals surface area contributed by atoms with Gasteiger partial charge in [0.15, 0.2) is 5.16 Å². The third kappa shape index (κ3) is 5.12. The lowest BCUT2D eigenvalue weighted by atomic mass is 10.2. The monoisotopic (exact) mass is 454 g/mol. The van der Waals surface area contributed by atoms with E-state index in [9.17, 15) is 4.79 Å². The van der Waals surface area contributed by atoms with Gasteiger partial charge in [0.25, 0.3) is 0 Å². The first kappa shape index (κ1) is 21.0. The van der Waals surface area contributed by atoms with Gasteiger partial charge in [0.05, 0.1) is 5.75 Å². The molecule has 0 bridgehead atoms. The van der Waals surface area contributed by atoms with Crippen molar-refractivity contribution in [2.45, 2.75) is 11.6 Å². The highest BCUT2D eigenvalue weighted by Gasteiger charge is 2.24. The van der Waals surface area contributed by atoms with Crippen LogP contribution in [0.3, 0.4) is 0 Å². The molecule has 2 heterocycles. The first-order valence-corrected chi connectivity index (χ1v) is 11.6. The number of carbonyl (C=O) groups excluding carboxylic acids is 1. The van der Waals surface area contributed by atoms with Gasteiger partial charge in [-0.3, -0.25) is 4.79 Å². The number of fused-ring (bicyclic) bond motifs is 1. The fourth-order valence-corrected chi connectivity index (χ4v) is 4.35. The Morgan fingerprint density at radius 3 is 2.00 bits per heavy atom. The Morgan fingerprint density at radius 1 is 0.788 bits per heavy atom. The van der Waals surface area contributed by atoms with E-state index >= 15 is 0 Å². The van der Waals surface area contributed by atoms with E-state index in [0.29, 0.717) is 23.6 Å². The summed E-state index contributed by atoms with van der Waals surface area (Å²) in [4.78, 5) is 28.3. The normalized spacial score (nSPS) is 12.3. The molecule has 0 spiro atoms. The molecule has 0 saturated heterocycles. The SMILES string of the molecule is O=C(CSc1nc(Nc2ccccc2)nc(Nc2ccccc2)n1)N1CCc2ccccc21. The van der Waals surface area contributed by atoms with E-state index in [1.165, 1.54) is 17.3 Å². The molecule has 8 heteroatoms. The summed E-state index contributed by atoms with van der Waals surface area (Å²) in [6.07, 6.45) is 0.884. The zero-order valence-corrected chi connectivity index (χ0v) is 18.6. The number of benzene rings is 3. The number of aromatic nitrogens is 3. The molecule has 164 valence electrons. The minimum Gasteiger partial charge on any atom is -0.324 e. The second-order valence-corrected chi connectivity index (χ2v) is 8.40. The Hall–Kier alpha value is -3.91. The number of nitrogens with zero attached hydrogens (tertiary/aromatic N) is 4. The zero-order valence-electron chi connectivity index (χ0n) is 17.8. The van der Waals surface area contributed by atoms with E-state index in [2.05, 4.69) is 31.7 Å². The van der Waals surface area contributed by atoms with Crippen molar-refractivity contribution in [2.75, 3.05) is 27.8 Å². The molecule has 1 amide bonds. The topological polar surface area (TPSA) is 83.0 Å². The number of anilines is 5. The van der Waals surface area contributed by atoms with Crippen LogP contribution in [-0.2, 0) is 11.2 Å². The van der Waals surface area contributed by atoms with Crippen LogP contribution < -0.4 is 15.5 Å². The van der Waals surface area contributed by atoms with Crippen LogP contribution in [0.5, 0.6) is 0 Å². The summed E-state index contributed by atoms with van der Waals surface area (Å²) < 4.78 is 0. The zero-order chi connectivity index (χ0) is 22.5. The number of thioether (sulfide) groups is 1. The Balaban J connectivity index is 1.34. The molecule has 2 N–H and O–H groups in total. The van der Waals surface area contributed by atoms with E-state index in [-0.39, 0.29) is 11.7 Å². The van der Waals surface area contributed by atoms with Gasteiger partial charge in [0.2, 0.25) is 17.8 Å². The molecule has 0 radical (unpaired) electrons. The van der Waals surface area contributed by atoms with Gasteiger partial charge in [-0.2, -0.15) is 15.0 Å². The van der Waals surface area contributed by atoms with Crippen molar-refractivity contribution in [2.24, 2.45) is 0 Å². The van der Waals surface area contributed by atoms with Crippen LogP contribution in [0.4, 0.5) is 29.0 Å². The highest BCUT2D eigenvalue weighted by molar-refractivity contribution is 7.99. The van der Waals surface area contributed by atoms with Gasteiger partial charge in [0.1, 0.15) is 0 Å². The molecule has 0 unspecified atom stereocenters. The second-order valence-electron chi connectivity index (χ2n) is 7.46. The fraction of sp³-hybridized carbons (Fsp3) is 0.120. The van der Waals surface area contributed by atoms with Crippen LogP contribution in [0.2, 0.25) is 0 Å². The van der Waals surface area contributed by atoms with Crippen LogP contribution >= 0.6 is 11.8 Å². The number of amides is 1. The van der Waals surface area contributed by atoms with Crippen LogP contribution in [0, 0.1) is 0 Å². The van der Waals surface area contributed by atoms with Crippen LogP contribution in [0.25, 0.3) is 0 Å².